The van der Waals surface area contributed by atoms with Gasteiger partial charge in [-0.3, -0.25) is 4.79 Å². The molecular weight excluding hydrogens is 266 g/mol. The summed E-state index contributed by atoms with van der Waals surface area (Å²) in [5, 5.41) is 3.52. The summed E-state index contributed by atoms with van der Waals surface area (Å²) in [4.78, 5) is 12.9. The zero-order valence-electron chi connectivity index (χ0n) is 10.4. The van der Waals surface area contributed by atoms with Crippen LogP contribution in [0.1, 0.15) is 43.0 Å². The molecule has 1 saturated carbocycles. The van der Waals surface area contributed by atoms with Crippen LogP contribution in [0.3, 0.4) is 0 Å². The van der Waals surface area contributed by atoms with E-state index >= 15 is 0 Å². The van der Waals surface area contributed by atoms with Crippen LogP contribution in [0.25, 0.3) is 0 Å². The number of halogens is 1. The van der Waals surface area contributed by atoms with Crippen LogP contribution in [0.5, 0.6) is 0 Å². The molecule has 1 unspecified atom stereocenters. The Hall–Kier alpha value is -0.670. The first-order valence-electron chi connectivity index (χ1n) is 6.37. The lowest BCUT2D eigenvalue weighted by Gasteiger charge is -2.20. The number of nitrogens with one attached hydrogen (secondary N) is 1. The average molecular weight is 284 g/mol. The first-order valence-corrected chi connectivity index (χ1v) is 7.20. The maximum atomic E-state index is 12.2. The van der Waals surface area contributed by atoms with Gasteiger partial charge in [0.1, 0.15) is 0 Å². The molecule has 0 aromatic heterocycles. The summed E-state index contributed by atoms with van der Waals surface area (Å²) in [6, 6.07) is 5.41. The predicted octanol–water partition coefficient (Wildman–Crippen LogP) is 3.94. The van der Waals surface area contributed by atoms with Crippen LogP contribution in [0, 0.1) is 5.92 Å². The molecule has 1 atom stereocenters. The van der Waals surface area contributed by atoms with E-state index in [4.69, 9.17) is 11.6 Å². The van der Waals surface area contributed by atoms with Gasteiger partial charge in [-0.25, -0.2) is 0 Å². The topological polar surface area (TPSA) is 29.1 Å². The molecule has 0 bridgehead atoms. The van der Waals surface area contributed by atoms with Crippen molar-refractivity contribution >= 4 is 30.1 Å². The molecule has 1 aromatic carbocycles. The van der Waals surface area contributed by atoms with Gasteiger partial charge in [0.2, 0.25) is 0 Å². The van der Waals surface area contributed by atoms with Crippen molar-refractivity contribution in [1.82, 2.24) is 5.32 Å². The lowest BCUT2D eigenvalue weighted by molar-refractivity contribution is 0.0927. The van der Waals surface area contributed by atoms with Crippen LogP contribution in [-0.4, -0.2) is 11.9 Å². The van der Waals surface area contributed by atoms with Crippen molar-refractivity contribution in [2.45, 2.75) is 43.5 Å². The lowest BCUT2D eigenvalue weighted by Crippen LogP contribution is -2.37. The molecule has 2 rings (SSSR count). The molecule has 1 aromatic rings. The number of hydrogen-bond donors (Lipinski definition) is 2. The van der Waals surface area contributed by atoms with Gasteiger partial charge in [0.05, 0.1) is 10.6 Å². The fourth-order valence-electron chi connectivity index (χ4n) is 2.55. The molecule has 98 valence electrons. The highest BCUT2D eigenvalue weighted by Crippen LogP contribution is 2.28. The molecule has 0 radical (unpaired) electrons. The van der Waals surface area contributed by atoms with E-state index in [2.05, 4.69) is 24.9 Å². The van der Waals surface area contributed by atoms with Gasteiger partial charge in [-0.15, -0.1) is 12.6 Å². The van der Waals surface area contributed by atoms with Crippen LogP contribution in [0.15, 0.2) is 23.1 Å². The minimum Gasteiger partial charge on any atom is -0.349 e. The molecule has 0 spiro atoms. The number of benzene rings is 1. The standard InChI is InChI=1S/C14H18ClNOS/c1-9(10-4-2-3-5-10)16-14(17)12-8-11(18)6-7-13(12)15/h6-10,18H,2-5H2,1H3,(H,16,17). The van der Waals surface area contributed by atoms with Crippen LogP contribution >= 0.6 is 24.2 Å². The highest BCUT2D eigenvalue weighted by molar-refractivity contribution is 7.80. The largest absolute Gasteiger partial charge is 0.349 e. The summed E-state index contributed by atoms with van der Waals surface area (Å²) < 4.78 is 0. The van der Waals surface area contributed by atoms with E-state index in [1.165, 1.54) is 25.7 Å². The van der Waals surface area contributed by atoms with Gasteiger partial charge in [-0.05, 0) is 43.9 Å². The quantitative estimate of drug-likeness (QED) is 0.809. The van der Waals surface area contributed by atoms with E-state index in [-0.39, 0.29) is 11.9 Å². The highest BCUT2D eigenvalue weighted by Gasteiger charge is 2.23. The van der Waals surface area contributed by atoms with Crippen LogP contribution < -0.4 is 5.32 Å². The van der Waals surface area contributed by atoms with Gasteiger partial charge in [-0.1, -0.05) is 24.4 Å². The minimum absolute atomic E-state index is 0.102. The Kier molecular flexibility index (Phi) is 4.57. The number of amides is 1. The summed E-state index contributed by atoms with van der Waals surface area (Å²) in [7, 11) is 0. The lowest BCUT2D eigenvalue weighted by atomic mass is 9.99. The van der Waals surface area contributed by atoms with Crippen molar-refractivity contribution in [3.63, 3.8) is 0 Å². The predicted molar refractivity (Wildman–Crippen MR) is 77.6 cm³/mol. The Morgan fingerprint density at radius 2 is 2.11 bits per heavy atom. The third kappa shape index (κ3) is 3.21. The van der Waals surface area contributed by atoms with Crippen molar-refractivity contribution in [3.8, 4) is 0 Å². The van der Waals surface area contributed by atoms with Crippen molar-refractivity contribution in [1.29, 1.82) is 0 Å². The Morgan fingerprint density at radius 1 is 1.44 bits per heavy atom. The number of hydrogen-bond acceptors (Lipinski definition) is 2. The average Bonchev–Trinajstić information content (AvgIpc) is 2.85. The van der Waals surface area contributed by atoms with Gasteiger partial charge >= 0.3 is 0 Å². The smallest absolute Gasteiger partial charge is 0.253 e. The van der Waals surface area contributed by atoms with E-state index in [0.717, 1.165) is 4.90 Å². The second-order valence-electron chi connectivity index (χ2n) is 4.97. The summed E-state index contributed by atoms with van der Waals surface area (Å²) in [6.45, 7) is 2.08. The fourth-order valence-corrected chi connectivity index (χ4v) is 2.95. The number of carbonyl (C=O) groups is 1. The third-order valence-corrected chi connectivity index (χ3v) is 4.27. The second-order valence-corrected chi connectivity index (χ2v) is 5.89. The SMILES string of the molecule is CC(NC(=O)c1cc(S)ccc1Cl)C1CCCC1. The molecule has 0 saturated heterocycles. The van der Waals surface area contributed by atoms with Crippen molar-refractivity contribution in [2.75, 3.05) is 0 Å². The van der Waals surface area contributed by atoms with Gasteiger partial charge in [0, 0.05) is 10.9 Å². The van der Waals surface area contributed by atoms with Gasteiger partial charge < -0.3 is 5.32 Å². The van der Waals surface area contributed by atoms with Crippen LogP contribution in [0.2, 0.25) is 5.02 Å². The first-order chi connectivity index (χ1) is 8.58. The monoisotopic (exact) mass is 283 g/mol. The molecule has 18 heavy (non-hydrogen) atoms. The number of carbonyl (C=O) groups excluding carboxylic acids is 1. The molecule has 1 N–H and O–H groups in total. The first kappa shape index (κ1) is 13.8. The summed E-state index contributed by atoms with van der Waals surface area (Å²) in [5.41, 5.74) is 0.508. The molecule has 2 nitrogen and oxygen atoms in total. The van der Waals surface area contributed by atoms with E-state index in [0.29, 0.717) is 16.5 Å². The van der Waals surface area contributed by atoms with Crippen molar-refractivity contribution < 1.29 is 4.79 Å². The van der Waals surface area contributed by atoms with Crippen molar-refractivity contribution in [3.05, 3.63) is 28.8 Å². The van der Waals surface area contributed by atoms with E-state index in [9.17, 15) is 4.79 Å². The maximum Gasteiger partial charge on any atom is 0.253 e. The van der Waals surface area contributed by atoms with Gasteiger partial charge in [0.25, 0.3) is 5.91 Å². The Labute approximate surface area is 119 Å². The molecule has 1 aliphatic rings. The minimum atomic E-state index is -0.102. The molecule has 0 heterocycles. The second kappa shape index (κ2) is 5.98. The maximum absolute atomic E-state index is 12.2. The Morgan fingerprint density at radius 3 is 2.78 bits per heavy atom. The van der Waals surface area contributed by atoms with E-state index in [1.54, 1.807) is 18.2 Å². The highest BCUT2D eigenvalue weighted by atomic mass is 35.5. The number of thiol groups is 1. The Balaban J connectivity index is 2.04. The zero-order valence-corrected chi connectivity index (χ0v) is 12.1. The fraction of sp³-hybridized carbons (Fsp3) is 0.500. The molecule has 1 aliphatic carbocycles. The molecule has 1 amide bonds. The van der Waals surface area contributed by atoms with Crippen LogP contribution in [0.4, 0.5) is 0 Å². The molecule has 4 heteroatoms. The zero-order chi connectivity index (χ0) is 13.1. The Bertz CT molecular complexity index is 443. The summed E-state index contributed by atoms with van der Waals surface area (Å²) in [5.74, 6) is 0.502. The summed E-state index contributed by atoms with van der Waals surface area (Å²) >= 11 is 10.3. The number of rotatable bonds is 3. The molecule has 0 aliphatic heterocycles. The van der Waals surface area contributed by atoms with Crippen molar-refractivity contribution in [2.24, 2.45) is 5.92 Å². The molecule has 1 fully saturated rings. The van der Waals surface area contributed by atoms with E-state index < -0.39 is 0 Å². The molecular formula is C14H18ClNOS. The summed E-state index contributed by atoms with van der Waals surface area (Å²) in [6.07, 6.45) is 4.97. The van der Waals surface area contributed by atoms with E-state index in [1.807, 2.05) is 0 Å². The van der Waals surface area contributed by atoms with Crippen LogP contribution in [-0.2, 0) is 0 Å². The third-order valence-electron chi connectivity index (χ3n) is 3.66. The van der Waals surface area contributed by atoms with Gasteiger partial charge in [0.15, 0.2) is 0 Å². The van der Waals surface area contributed by atoms with Gasteiger partial charge in [-0.2, -0.15) is 0 Å². The normalized spacial score (nSPS) is 17.7.